The second-order valence-electron chi connectivity index (χ2n) is 3.97. The summed E-state index contributed by atoms with van der Waals surface area (Å²) in [4.78, 5) is 9.97. The molecule has 2 rings (SSSR count). The molecule has 0 heterocycles. The Hall–Kier alpha value is -2.09. The van der Waals surface area contributed by atoms with Gasteiger partial charge in [0.25, 0.3) is 0 Å². The summed E-state index contributed by atoms with van der Waals surface area (Å²) in [5.74, 6) is 0. The van der Waals surface area contributed by atoms with E-state index in [-0.39, 0.29) is 0 Å². The minimum atomic E-state index is 0.529. The number of anilines is 1. The SMILES string of the molecule is CNc1ccc(C)cc1.O=CCc1ccccc1. The summed E-state index contributed by atoms with van der Waals surface area (Å²) < 4.78 is 0. The van der Waals surface area contributed by atoms with Crippen molar-refractivity contribution in [1.29, 1.82) is 0 Å². The monoisotopic (exact) mass is 241 g/mol. The van der Waals surface area contributed by atoms with E-state index in [2.05, 4.69) is 36.5 Å². The van der Waals surface area contributed by atoms with Gasteiger partial charge in [-0.15, -0.1) is 0 Å². The molecule has 94 valence electrons. The number of benzene rings is 2. The minimum absolute atomic E-state index is 0.529. The highest BCUT2D eigenvalue weighted by atomic mass is 16.1. The van der Waals surface area contributed by atoms with Crippen molar-refractivity contribution >= 4 is 12.0 Å². The maximum atomic E-state index is 9.97. The molecule has 18 heavy (non-hydrogen) atoms. The van der Waals surface area contributed by atoms with Crippen LogP contribution >= 0.6 is 0 Å². The summed E-state index contributed by atoms with van der Waals surface area (Å²) in [6.45, 7) is 2.08. The summed E-state index contributed by atoms with van der Waals surface area (Å²) >= 11 is 0. The van der Waals surface area contributed by atoms with Gasteiger partial charge in [0.2, 0.25) is 0 Å². The number of hydrogen-bond donors (Lipinski definition) is 1. The molecule has 0 saturated carbocycles. The first-order valence-corrected chi connectivity index (χ1v) is 5.98. The van der Waals surface area contributed by atoms with Gasteiger partial charge in [0.05, 0.1) is 0 Å². The lowest BCUT2D eigenvalue weighted by Gasteiger charge is -1.97. The van der Waals surface area contributed by atoms with Crippen LogP contribution in [0.5, 0.6) is 0 Å². The van der Waals surface area contributed by atoms with Crippen LogP contribution in [0.2, 0.25) is 0 Å². The molecule has 0 aliphatic heterocycles. The van der Waals surface area contributed by atoms with Gasteiger partial charge in [0.15, 0.2) is 0 Å². The molecule has 0 fully saturated rings. The predicted octanol–water partition coefficient (Wildman–Crippen LogP) is 3.46. The van der Waals surface area contributed by atoms with Crippen LogP contribution < -0.4 is 5.32 Å². The van der Waals surface area contributed by atoms with Crippen LogP contribution in [-0.4, -0.2) is 13.3 Å². The zero-order valence-corrected chi connectivity index (χ0v) is 10.9. The molecular weight excluding hydrogens is 222 g/mol. The van der Waals surface area contributed by atoms with Crippen molar-refractivity contribution < 1.29 is 4.79 Å². The Kier molecular flexibility index (Phi) is 6.26. The summed E-state index contributed by atoms with van der Waals surface area (Å²) in [7, 11) is 1.92. The predicted molar refractivity (Wildman–Crippen MR) is 76.9 cm³/mol. The smallest absolute Gasteiger partial charge is 0.124 e. The van der Waals surface area contributed by atoms with E-state index in [1.807, 2.05) is 37.4 Å². The van der Waals surface area contributed by atoms with Crippen LogP contribution in [0.15, 0.2) is 54.6 Å². The van der Waals surface area contributed by atoms with Crippen molar-refractivity contribution in [2.24, 2.45) is 0 Å². The van der Waals surface area contributed by atoms with Crippen molar-refractivity contribution in [1.82, 2.24) is 0 Å². The Morgan fingerprint density at radius 3 is 2.11 bits per heavy atom. The van der Waals surface area contributed by atoms with E-state index in [1.165, 1.54) is 11.3 Å². The van der Waals surface area contributed by atoms with Gasteiger partial charge in [0.1, 0.15) is 6.29 Å². The number of rotatable bonds is 3. The van der Waals surface area contributed by atoms with E-state index in [1.54, 1.807) is 0 Å². The summed E-state index contributed by atoms with van der Waals surface area (Å²) in [5.41, 5.74) is 3.54. The summed E-state index contributed by atoms with van der Waals surface area (Å²) in [5, 5.41) is 3.05. The zero-order chi connectivity index (χ0) is 13.2. The highest BCUT2D eigenvalue weighted by molar-refractivity contribution is 5.54. The number of aldehydes is 1. The third kappa shape index (κ3) is 5.30. The Balaban J connectivity index is 0.000000180. The summed E-state index contributed by atoms with van der Waals surface area (Å²) in [6.07, 6.45) is 1.44. The number of carbonyl (C=O) groups is 1. The van der Waals surface area contributed by atoms with Gasteiger partial charge in [-0.05, 0) is 24.6 Å². The Bertz CT molecular complexity index is 448. The fourth-order valence-electron chi connectivity index (χ4n) is 1.43. The number of hydrogen-bond acceptors (Lipinski definition) is 2. The highest BCUT2D eigenvalue weighted by Crippen LogP contribution is 2.06. The average Bonchev–Trinajstić information content (AvgIpc) is 2.42. The molecule has 0 aromatic heterocycles. The first-order chi connectivity index (χ1) is 8.76. The van der Waals surface area contributed by atoms with Gasteiger partial charge in [-0.2, -0.15) is 0 Å². The van der Waals surface area contributed by atoms with Gasteiger partial charge in [-0.3, -0.25) is 0 Å². The second-order valence-corrected chi connectivity index (χ2v) is 3.97. The minimum Gasteiger partial charge on any atom is -0.388 e. The third-order valence-electron chi connectivity index (χ3n) is 2.50. The molecule has 0 aliphatic rings. The molecule has 0 radical (unpaired) electrons. The first kappa shape index (κ1) is 14.0. The standard InChI is InChI=1S/C8H11N.C8H8O/c1-7-3-5-8(9-2)6-4-7;9-7-6-8-4-2-1-3-5-8/h3-6,9H,1-2H3;1-5,7H,6H2. The topological polar surface area (TPSA) is 29.1 Å². The van der Waals surface area contributed by atoms with Gasteiger partial charge in [-0.1, -0.05) is 48.0 Å². The lowest BCUT2D eigenvalue weighted by Crippen LogP contribution is -1.85. The van der Waals surface area contributed by atoms with Crippen LogP contribution in [0.4, 0.5) is 5.69 Å². The molecule has 0 bridgehead atoms. The molecule has 0 atom stereocenters. The van der Waals surface area contributed by atoms with E-state index in [4.69, 9.17) is 0 Å². The van der Waals surface area contributed by atoms with E-state index in [0.717, 1.165) is 11.8 Å². The van der Waals surface area contributed by atoms with Gasteiger partial charge >= 0.3 is 0 Å². The van der Waals surface area contributed by atoms with Crippen molar-refractivity contribution in [3.8, 4) is 0 Å². The molecule has 0 spiro atoms. The van der Waals surface area contributed by atoms with Crippen molar-refractivity contribution in [3.63, 3.8) is 0 Å². The molecule has 0 unspecified atom stereocenters. The fraction of sp³-hybridized carbons (Fsp3) is 0.188. The Morgan fingerprint density at radius 2 is 1.61 bits per heavy atom. The number of nitrogens with one attached hydrogen (secondary N) is 1. The van der Waals surface area contributed by atoms with Gasteiger partial charge in [0, 0.05) is 19.2 Å². The number of aryl methyl sites for hydroxylation is 1. The fourth-order valence-corrected chi connectivity index (χ4v) is 1.43. The maximum Gasteiger partial charge on any atom is 0.124 e. The molecule has 0 aliphatic carbocycles. The van der Waals surface area contributed by atoms with Crippen LogP contribution in [0.25, 0.3) is 0 Å². The average molecular weight is 241 g/mol. The molecular formula is C16H19NO. The van der Waals surface area contributed by atoms with Crippen LogP contribution in [-0.2, 0) is 11.2 Å². The molecule has 0 amide bonds. The lowest BCUT2D eigenvalue weighted by molar-refractivity contribution is -0.107. The number of carbonyl (C=O) groups excluding carboxylic acids is 1. The van der Waals surface area contributed by atoms with E-state index < -0.39 is 0 Å². The summed E-state index contributed by atoms with van der Waals surface area (Å²) in [6, 6.07) is 18.0. The van der Waals surface area contributed by atoms with Crippen LogP contribution in [0.3, 0.4) is 0 Å². The quantitative estimate of drug-likeness (QED) is 0.834. The van der Waals surface area contributed by atoms with Gasteiger partial charge < -0.3 is 10.1 Å². The maximum absolute atomic E-state index is 9.97. The second kappa shape index (κ2) is 8.07. The van der Waals surface area contributed by atoms with Crippen molar-refractivity contribution in [2.45, 2.75) is 13.3 Å². The van der Waals surface area contributed by atoms with E-state index in [9.17, 15) is 4.79 Å². The molecule has 2 aromatic carbocycles. The zero-order valence-electron chi connectivity index (χ0n) is 10.9. The molecule has 2 nitrogen and oxygen atoms in total. The first-order valence-electron chi connectivity index (χ1n) is 5.98. The lowest BCUT2D eigenvalue weighted by atomic mass is 10.2. The third-order valence-corrected chi connectivity index (χ3v) is 2.50. The van der Waals surface area contributed by atoms with Crippen molar-refractivity contribution in [3.05, 3.63) is 65.7 Å². The molecule has 2 aromatic rings. The van der Waals surface area contributed by atoms with Crippen LogP contribution in [0.1, 0.15) is 11.1 Å². The Labute approximate surface area is 109 Å². The largest absolute Gasteiger partial charge is 0.388 e. The molecule has 1 N–H and O–H groups in total. The van der Waals surface area contributed by atoms with Crippen LogP contribution in [0, 0.1) is 6.92 Å². The molecule has 2 heteroatoms. The van der Waals surface area contributed by atoms with E-state index in [0.29, 0.717) is 6.42 Å². The van der Waals surface area contributed by atoms with Gasteiger partial charge in [-0.25, -0.2) is 0 Å². The normalized spacial score (nSPS) is 9.00. The molecule has 0 saturated heterocycles. The Morgan fingerprint density at radius 1 is 1.00 bits per heavy atom. The highest BCUT2D eigenvalue weighted by Gasteiger charge is 1.85. The van der Waals surface area contributed by atoms with Crippen molar-refractivity contribution in [2.75, 3.05) is 12.4 Å². The van der Waals surface area contributed by atoms with E-state index >= 15 is 0 Å².